The van der Waals surface area contributed by atoms with Gasteiger partial charge in [-0.2, -0.15) is 0 Å². The Bertz CT molecular complexity index is 1140. The van der Waals surface area contributed by atoms with Crippen LogP contribution in [0.2, 0.25) is 0 Å². The van der Waals surface area contributed by atoms with E-state index < -0.39 is 18.0 Å². The number of hydrogen-bond acceptors (Lipinski definition) is 5. The number of amides is 1. The Morgan fingerprint density at radius 3 is 2.47 bits per heavy atom. The minimum absolute atomic E-state index is 0.000480. The molecule has 6 nitrogen and oxygen atoms in total. The lowest BCUT2D eigenvalue weighted by molar-refractivity contribution is -0.149. The van der Waals surface area contributed by atoms with Gasteiger partial charge < -0.3 is 19.9 Å². The van der Waals surface area contributed by atoms with Gasteiger partial charge in [-0.05, 0) is 54.8 Å². The Balaban J connectivity index is 1.79. The number of methoxy groups -OCH3 is 1. The van der Waals surface area contributed by atoms with Crippen molar-refractivity contribution in [2.75, 3.05) is 12.4 Å². The maximum atomic E-state index is 13.1. The van der Waals surface area contributed by atoms with Crippen LogP contribution in [0.25, 0.3) is 6.08 Å². The van der Waals surface area contributed by atoms with E-state index >= 15 is 0 Å². The number of esters is 1. The first-order valence-electron chi connectivity index (χ1n) is 10.1. The number of aryl methyl sites for hydroxylation is 2. The number of phenolic OH excluding ortho intramolecular Hbond substituents is 1. The van der Waals surface area contributed by atoms with Crippen molar-refractivity contribution in [1.29, 1.82) is 0 Å². The third-order valence-electron chi connectivity index (χ3n) is 4.84. The zero-order valence-corrected chi connectivity index (χ0v) is 18.2. The molecule has 3 aromatic rings. The summed E-state index contributed by atoms with van der Waals surface area (Å²) in [4.78, 5) is 25.6. The van der Waals surface area contributed by atoms with Gasteiger partial charge in [0.15, 0.2) is 11.5 Å². The maximum absolute atomic E-state index is 13.1. The number of hydrogen-bond donors (Lipinski definition) is 2. The number of rotatable bonds is 7. The number of anilines is 1. The molecule has 2 N–H and O–H groups in total. The second kappa shape index (κ2) is 10.3. The van der Waals surface area contributed by atoms with Crippen LogP contribution in [0.1, 0.15) is 28.4 Å². The van der Waals surface area contributed by atoms with E-state index in [1.54, 1.807) is 36.4 Å². The Labute approximate surface area is 187 Å². The van der Waals surface area contributed by atoms with Crippen LogP contribution in [0.4, 0.5) is 5.69 Å². The number of carbonyl (C=O) groups is 2. The fraction of sp³-hybridized carbons (Fsp3) is 0.154. The van der Waals surface area contributed by atoms with Gasteiger partial charge in [0.1, 0.15) is 0 Å². The number of aromatic hydroxyl groups is 1. The maximum Gasteiger partial charge on any atom is 0.331 e. The topological polar surface area (TPSA) is 84.9 Å². The van der Waals surface area contributed by atoms with Crippen molar-refractivity contribution in [3.8, 4) is 11.5 Å². The smallest absolute Gasteiger partial charge is 0.331 e. The number of benzene rings is 3. The molecule has 1 unspecified atom stereocenters. The van der Waals surface area contributed by atoms with Crippen LogP contribution in [0.5, 0.6) is 11.5 Å². The van der Waals surface area contributed by atoms with Crippen molar-refractivity contribution in [2.45, 2.75) is 20.0 Å². The molecule has 6 heteroatoms. The van der Waals surface area contributed by atoms with Gasteiger partial charge in [0.05, 0.1) is 7.11 Å². The standard InChI is InChI=1S/C26H25NO5/c1-17-9-10-18(2)21(15-17)27-26(30)25(20-7-5-4-6-8-20)32-24(29)14-12-19-11-13-22(28)23(16-19)31-3/h4-16,25,28H,1-3H3,(H,27,30)/b14-12+. The van der Waals surface area contributed by atoms with Crippen molar-refractivity contribution in [3.05, 3.63) is 95.1 Å². The highest BCUT2D eigenvalue weighted by Crippen LogP contribution is 2.27. The van der Waals surface area contributed by atoms with E-state index in [1.807, 2.05) is 38.1 Å². The van der Waals surface area contributed by atoms with E-state index in [-0.39, 0.29) is 11.5 Å². The largest absolute Gasteiger partial charge is 0.504 e. The Morgan fingerprint density at radius 2 is 1.75 bits per heavy atom. The molecule has 0 heterocycles. The van der Waals surface area contributed by atoms with E-state index in [2.05, 4.69) is 5.32 Å². The van der Waals surface area contributed by atoms with Gasteiger partial charge in [-0.25, -0.2) is 4.79 Å². The van der Waals surface area contributed by atoms with Crippen LogP contribution < -0.4 is 10.1 Å². The van der Waals surface area contributed by atoms with Crippen molar-refractivity contribution in [1.82, 2.24) is 0 Å². The van der Waals surface area contributed by atoms with Gasteiger partial charge >= 0.3 is 5.97 Å². The molecular formula is C26H25NO5. The predicted octanol–water partition coefficient (Wildman–Crippen LogP) is 4.95. The monoisotopic (exact) mass is 431 g/mol. The third-order valence-corrected chi connectivity index (χ3v) is 4.84. The highest BCUT2D eigenvalue weighted by atomic mass is 16.5. The molecule has 164 valence electrons. The van der Waals surface area contributed by atoms with Gasteiger partial charge in [-0.1, -0.05) is 48.5 Å². The number of phenols is 1. The van der Waals surface area contributed by atoms with Crippen molar-refractivity contribution >= 4 is 23.6 Å². The first-order chi connectivity index (χ1) is 15.4. The average molecular weight is 431 g/mol. The molecule has 3 rings (SSSR count). The van der Waals surface area contributed by atoms with Crippen LogP contribution >= 0.6 is 0 Å². The predicted molar refractivity (Wildman–Crippen MR) is 124 cm³/mol. The van der Waals surface area contributed by atoms with E-state index in [0.29, 0.717) is 16.8 Å². The first-order valence-corrected chi connectivity index (χ1v) is 10.1. The van der Waals surface area contributed by atoms with Crippen LogP contribution in [-0.4, -0.2) is 24.1 Å². The summed E-state index contributed by atoms with van der Waals surface area (Å²) in [5.74, 6) is -0.838. The molecule has 0 aromatic heterocycles. The molecule has 0 radical (unpaired) electrons. The van der Waals surface area contributed by atoms with Gasteiger partial charge in [0, 0.05) is 17.3 Å². The summed E-state index contributed by atoms with van der Waals surface area (Å²) in [6, 6.07) is 19.3. The van der Waals surface area contributed by atoms with E-state index in [9.17, 15) is 14.7 Å². The summed E-state index contributed by atoms with van der Waals surface area (Å²) in [5.41, 5.74) is 3.77. The fourth-order valence-electron chi connectivity index (χ4n) is 3.09. The van der Waals surface area contributed by atoms with Crippen molar-refractivity contribution in [3.63, 3.8) is 0 Å². The number of carbonyl (C=O) groups excluding carboxylic acids is 2. The third kappa shape index (κ3) is 5.76. The Hall–Kier alpha value is -4.06. The highest BCUT2D eigenvalue weighted by Gasteiger charge is 2.24. The molecule has 3 aromatic carbocycles. The summed E-state index contributed by atoms with van der Waals surface area (Å²) in [5, 5.41) is 12.6. The Morgan fingerprint density at radius 1 is 1.00 bits per heavy atom. The molecule has 0 saturated carbocycles. The van der Waals surface area contributed by atoms with Gasteiger partial charge in [-0.15, -0.1) is 0 Å². The lowest BCUT2D eigenvalue weighted by Gasteiger charge is -2.18. The molecular weight excluding hydrogens is 406 g/mol. The van der Waals surface area contributed by atoms with E-state index in [1.165, 1.54) is 25.3 Å². The van der Waals surface area contributed by atoms with Gasteiger partial charge in [0.25, 0.3) is 5.91 Å². The lowest BCUT2D eigenvalue weighted by atomic mass is 10.1. The average Bonchev–Trinajstić information content (AvgIpc) is 2.79. The minimum Gasteiger partial charge on any atom is -0.504 e. The fourth-order valence-corrected chi connectivity index (χ4v) is 3.09. The molecule has 0 aliphatic heterocycles. The molecule has 0 aliphatic rings. The van der Waals surface area contributed by atoms with Crippen LogP contribution in [0.15, 0.2) is 72.8 Å². The second-order valence-corrected chi connectivity index (χ2v) is 7.30. The van der Waals surface area contributed by atoms with Crippen molar-refractivity contribution in [2.24, 2.45) is 0 Å². The van der Waals surface area contributed by atoms with Crippen LogP contribution in [0.3, 0.4) is 0 Å². The molecule has 0 spiro atoms. The molecule has 32 heavy (non-hydrogen) atoms. The molecule has 0 aliphatic carbocycles. The zero-order valence-electron chi connectivity index (χ0n) is 18.2. The van der Waals surface area contributed by atoms with Crippen LogP contribution in [0, 0.1) is 13.8 Å². The summed E-state index contributed by atoms with van der Waals surface area (Å²) < 4.78 is 10.6. The minimum atomic E-state index is -1.12. The SMILES string of the molecule is COc1cc(/C=C/C(=O)OC(C(=O)Nc2cc(C)ccc2C)c2ccccc2)ccc1O. The first kappa shape index (κ1) is 22.6. The summed E-state index contributed by atoms with van der Waals surface area (Å²) in [6.07, 6.45) is 1.63. The molecule has 1 atom stereocenters. The molecule has 0 fully saturated rings. The Kier molecular flexibility index (Phi) is 7.29. The summed E-state index contributed by atoms with van der Waals surface area (Å²) in [6.45, 7) is 3.83. The molecule has 0 saturated heterocycles. The highest BCUT2D eigenvalue weighted by molar-refractivity contribution is 5.98. The number of nitrogens with one attached hydrogen (secondary N) is 1. The molecule has 1 amide bonds. The normalized spacial score (nSPS) is 11.7. The summed E-state index contributed by atoms with van der Waals surface area (Å²) >= 11 is 0. The zero-order chi connectivity index (χ0) is 23.1. The quantitative estimate of drug-likeness (QED) is 0.408. The second-order valence-electron chi connectivity index (χ2n) is 7.30. The van der Waals surface area contributed by atoms with Gasteiger partial charge in [-0.3, -0.25) is 4.79 Å². The van der Waals surface area contributed by atoms with Crippen molar-refractivity contribution < 1.29 is 24.2 Å². The van der Waals surface area contributed by atoms with Gasteiger partial charge in [0.2, 0.25) is 6.10 Å². The molecule has 0 bridgehead atoms. The summed E-state index contributed by atoms with van der Waals surface area (Å²) in [7, 11) is 1.44. The number of ether oxygens (including phenoxy) is 2. The lowest BCUT2D eigenvalue weighted by Crippen LogP contribution is -2.25. The van der Waals surface area contributed by atoms with Crippen LogP contribution in [-0.2, 0) is 14.3 Å². The van der Waals surface area contributed by atoms with E-state index in [0.717, 1.165) is 11.1 Å². The van der Waals surface area contributed by atoms with E-state index in [4.69, 9.17) is 9.47 Å².